The summed E-state index contributed by atoms with van der Waals surface area (Å²) in [5, 5.41) is 0. The van der Waals surface area contributed by atoms with Crippen molar-refractivity contribution in [3.05, 3.63) is 149 Å². The number of benzene rings is 4. The van der Waals surface area contributed by atoms with Gasteiger partial charge in [0.15, 0.2) is 24.6 Å². The number of allylic oxidation sites excluding steroid dienone is 1. The first-order valence-electron chi connectivity index (χ1n) is 20.1. The van der Waals surface area contributed by atoms with E-state index in [9.17, 15) is 14.4 Å². The van der Waals surface area contributed by atoms with Gasteiger partial charge >= 0.3 is 17.9 Å². The molecule has 0 radical (unpaired) electrons. The molecule has 10 atom stereocenters. The van der Waals surface area contributed by atoms with Gasteiger partial charge in [-0.15, -0.1) is 0 Å². The van der Waals surface area contributed by atoms with Crippen molar-refractivity contribution in [2.24, 2.45) is 17.3 Å². The van der Waals surface area contributed by atoms with Gasteiger partial charge in [-0.1, -0.05) is 79.7 Å². The van der Waals surface area contributed by atoms with Crippen molar-refractivity contribution in [2.45, 2.75) is 95.1 Å². The number of methoxy groups -OCH3 is 1. The predicted octanol–water partition coefficient (Wildman–Crippen LogP) is 8.91. The highest BCUT2D eigenvalue weighted by molar-refractivity contribution is 5.91. The van der Waals surface area contributed by atoms with Crippen LogP contribution in [0.2, 0.25) is 0 Å². The van der Waals surface area contributed by atoms with E-state index < -0.39 is 48.6 Å². The molecular weight excluding hydrogens is 721 g/mol. The molecule has 0 amide bonds. The summed E-state index contributed by atoms with van der Waals surface area (Å²) in [6.45, 7) is 4.10. The third-order valence-electron chi connectivity index (χ3n) is 12.8. The summed E-state index contributed by atoms with van der Waals surface area (Å²) >= 11 is 0. The zero-order valence-corrected chi connectivity index (χ0v) is 32.7. The summed E-state index contributed by atoms with van der Waals surface area (Å²) in [5.41, 5.74) is 3.47. The van der Waals surface area contributed by atoms with Crippen molar-refractivity contribution in [2.75, 3.05) is 7.11 Å². The van der Waals surface area contributed by atoms with E-state index in [2.05, 4.69) is 37.3 Å². The van der Waals surface area contributed by atoms with Gasteiger partial charge in [0, 0.05) is 0 Å². The molecule has 0 N–H and O–H groups in total. The summed E-state index contributed by atoms with van der Waals surface area (Å²) in [7, 11) is 1.72. The van der Waals surface area contributed by atoms with E-state index in [1.54, 1.807) is 99.0 Å². The highest BCUT2D eigenvalue weighted by Gasteiger charge is 2.56. The van der Waals surface area contributed by atoms with Crippen molar-refractivity contribution < 1.29 is 42.8 Å². The summed E-state index contributed by atoms with van der Waals surface area (Å²) in [6.07, 6.45) is 4.07. The number of rotatable bonds is 9. The van der Waals surface area contributed by atoms with E-state index in [0.29, 0.717) is 40.9 Å². The van der Waals surface area contributed by atoms with Crippen LogP contribution in [0, 0.1) is 17.3 Å². The second-order valence-corrected chi connectivity index (χ2v) is 16.0. The molecule has 0 spiro atoms. The lowest BCUT2D eigenvalue weighted by atomic mass is 9.52. The highest BCUT2D eigenvalue weighted by Crippen LogP contribution is 2.59. The average Bonchev–Trinajstić information content (AvgIpc) is 3.41. The van der Waals surface area contributed by atoms with E-state index in [0.717, 1.165) is 37.9 Å². The number of esters is 3. The number of hydrogen-bond acceptors (Lipinski definition) is 9. The Morgan fingerprint density at radius 1 is 0.684 bits per heavy atom. The summed E-state index contributed by atoms with van der Waals surface area (Å²) < 4.78 is 38.0. The van der Waals surface area contributed by atoms with Crippen LogP contribution in [0.5, 0.6) is 5.75 Å². The number of ether oxygens (including phenoxy) is 6. The van der Waals surface area contributed by atoms with Crippen LogP contribution in [0.15, 0.2) is 121 Å². The van der Waals surface area contributed by atoms with Crippen LogP contribution >= 0.6 is 0 Å². The fourth-order valence-corrected chi connectivity index (χ4v) is 9.78. The molecule has 4 aromatic carbocycles. The molecule has 0 aromatic heterocycles. The maximum atomic E-state index is 13.9. The fourth-order valence-electron chi connectivity index (χ4n) is 9.78. The fraction of sp³-hybridized carbons (Fsp3) is 0.396. The number of carbonyl (C=O) groups is 3. The van der Waals surface area contributed by atoms with E-state index in [4.69, 9.17) is 28.4 Å². The van der Waals surface area contributed by atoms with Crippen molar-refractivity contribution >= 4 is 17.9 Å². The third-order valence-corrected chi connectivity index (χ3v) is 12.8. The smallest absolute Gasteiger partial charge is 0.338 e. The standard InChI is InChI=1S/C48H50O9/c1-30-41(55-44(49)31-15-7-4-8-16-31)42(56-45(50)32-17-9-5-10-18-32)43(57-46(51)33-19-11-6-12-20-33)47(53-30)54-40-22-14-13-21-39-38-25-23-34-29-35(52-3)24-26-36(34)37(38)27-28-48(39,40)2/h4-20,24,26,29-30,37-43,47H,21-23,25,27-28H2,1-3H3/t30-,37+,38+,39-,40-,41-,42+,43+,47-,48-/m0/s1. The van der Waals surface area contributed by atoms with Gasteiger partial charge in [0.25, 0.3) is 0 Å². The van der Waals surface area contributed by atoms with Crippen LogP contribution in [-0.4, -0.2) is 61.8 Å². The Kier molecular flexibility index (Phi) is 11.3. The molecule has 3 aliphatic carbocycles. The number of fused-ring (bicyclic) bond motifs is 5. The largest absolute Gasteiger partial charge is 0.497 e. The van der Waals surface area contributed by atoms with Gasteiger partial charge in [-0.25, -0.2) is 14.4 Å². The van der Waals surface area contributed by atoms with Gasteiger partial charge in [-0.2, -0.15) is 0 Å². The molecular formula is C48H50O9. The molecule has 9 nitrogen and oxygen atoms in total. The summed E-state index contributed by atoms with van der Waals surface area (Å²) in [4.78, 5) is 41.4. The Hall–Kier alpha value is -5.25. The van der Waals surface area contributed by atoms with Gasteiger partial charge in [0.05, 0.1) is 36.0 Å². The minimum atomic E-state index is -1.29. The molecule has 4 aromatic rings. The van der Waals surface area contributed by atoms with Gasteiger partial charge < -0.3 is 28.4 Å². The maximum absolute atomic E-state index is 13.9. The molecule has 0 bridgehead atoms. The molecule has 1 aliphatic heterocycles. The van der Waals surface area contributed by atoms with E-state index >= 15 is 0 Å². The monoisotopic (exact) mass is 770 g/mol. The van der Waals surface area contributed by atoms with Crippen LogP contribution in [0.1, 0.15) is 94.1 Å². The molecule has 8 rings (SSSR count). The van der Waals surface area contributed by atoms with Crippen LogP contribution in [0.3, 0.4) is 0 Å². The number of hydrogen-bond donors (Lipinski definition) is 0. The first-order chi connectivity index (χ1) is 27.7. The van der Waals surface area contributed by atoms with Crippen molar-refractivity contribution in [1.82, 2.24) is 0 Å². The predicted molar refractivity (Wildman–Crippen MR) is 213 cm³/mol. The molecule has 1 saturated carbocycles. The lowest BCUT2D eigenvalue weighted by molar-refractivity contribution is -0.313. The minimum absolute atomic E-state index is 0.248. The van der Waals surface area contributed by atoms with Crippen LogP contribution in [-0.2, 0) is 30.1 Å². The summed E-state index contributed by atoms with van der Waals surface area (Å²) in [6, 6.07) is 32.3. The van der Waals surface area contributed by atoms with Gasteiger partial charge in [0.2, 0.25) is 0 Å². The number of aryl methyl sites for hydroxylation is 1. The van der Waals surface area contributed by atoms with Crippen LogP contribution in [0.25, 0.3) is 0 Å². The Bertz CT molecular complexity index is 2070. The van der Waals surface area contributed by atoms with E-state index in [-0.39, 0.29) is 11.5 Å². The maximum Gasteiger partial charge on any atom is 0.338 e. The van der Waals surface area contributed by atoms with Gasteiger partial charge in [-0.3, -0.25) is 0 Å². The highest BCUT2D eigenvalue weighted by atomic mass is 16.7. The Balaban J connectivity index is 1.13. The third kappa shape index (κ3) is 7.88. The Morgan fingerprint density at radius 2 is 1.25 bits per heavy atom. The van der Waals surface area contributed by atoms with Crippen molar-refractivity contribution in [3.8, 4) is 5.75 Å². The topological polar surface area (TPSA) is 107 Å². The normalized spacial score (nSPS) is 30.3. The van der Waals surface area contributed by atoms with Gasteiger partial charge in [0.1, 0.15) is 5.75 Å². The average molecular weight is 771 g/mol. The Labute approximate surface area is 334 Å². The molecule has 9 heteroatoms. The Morgan fingerprint density at radius 3 is 1.84 bits per heavy atom. The van der Waals surface area contributed by atoms with Crippen LogP contribution in [0.4, 0.5) is 0 Å². The van der Waals surface area contributed by atoms with E-state index in [1.807, 2.05) is 6.07 Å². The SMILES string of the molecule is COc1ccc2c(c1)CC[C@@H]1[C@@H]2CC[C@]2(C)[C@@H](O[C@@H]3O[C@@H](C)[C@H](OC(=O)c4ccccc4)[C@@H](OC(=O)c4ccccc4)[C@H]3OC(=O)c3ccccc3)CC=CC[C@@H]12. The van der Waals surface area contributed by atoms with Crippen molar-refractivity contribution in [3.63, 3.8) is 0 Å². The lowest BCUT2D eigenvalue weighted by Crippen LogP contribution is -2.62. The minimum Gasteiger partial charge on any atom is -0.497 e. The molecule has 1 heterocycles. The molecule has 2 fully saturated rings. The first kappa shape index (κ1) is 38.6. The first-order valence-corrected chi connectivity index (χ1v) is 20.1. The molecule has 1 saturated heterocycles. The molecule has 4 aliphatic rings. The van der Waals surface area contributed by atoms with Crippen molar-refractivity contribution in [1.29, 1.82) is 0 Å². The summed E-state index contributed by atoms with van der Waals surface area (Å²) in [5.74, 6) is 0.186. The van der Waals surface area contributed by atoms with E-state index in [1.165, 1.54) is 11.1 Å². The van der Waals surface area contributed by atoms with Gasteiger partial charge in [-0.05, 0) is 128 Å². The quantitative estimate of drug-likeness (QED) is 0.0937. The lowest BCUT2D eigenvalue weighted by Gasteiger charge is -2.55. The molecule has 57 heavy (non-hydrogen) atoms. The van der Waals surface area contributed by atoms with Crippen LogP contribution < -0.4 is 4.74 Å². The molecule has 0 unspecified atom stereocenters. The zero-order valence-electron chi connectivity index (χ0n) is 32.7. The zero-order chi connectivity index (χ0) is 39.5. The second-order valence-electron chi connectivity index (χ2n) is 16.0. The molecule has 296 valence electrons. The number of carbonyl (C=O) groups excluding carboxylic acids is 3. The second kappa shape index (κ2) is 16.7.